The molecule has 0 aromatic heterocycles. The predicted molar refractivity (Wildman–Crippen MR) is 78.3 cm³/mol. The van der Waals surface area contributed by atoms with Gasteiger partial charge in [0, 0.05) is 18.3 Å². The Balaban J connectivity index is 2.15. The third-order valence-electron chi connectivity index (χ3n) is 3.85. The average molecular weight is 318 g/mol. The van der Waals surface area contributed by atoms with Crippen molar-refractivity contribution in [3.63, 3.8) is 0 Å². The molecule has 1 fully saturated rings. The molecule has 0 bridgehead atoms. The van der Waals surface area contributed by atoms with Gasteiger partial charge >= 0.3 is 5.76 Å². The molecule has 0 aliphatic carbocycles. The van der Waals surface area contributed by atoms with Gasteiger partial charge in [-0.2, -0.15) is 8.78 Å². The zero-order valence-corrected chi connectivity index (χ0v) is 12.5. The highest BCUT2D eigenvalue weighted by molar-refractivity contribution is 7.91. The predicted octanol–water partition coefficient (Wildman–Crippen LogP) is 2.39. The summed E-state index contributed by atoms with van der Waals surface area (Å²) >= 11 is 0. The summed E-state index contributed by atoms with van der Waals surface area (Å²) in [5.74, 6) is -3.38. The summed E-state index contributed by atoms with van der Waals surface area (Å²) in [6.45, 7) is 1.55. The van der Waals surface area contributed by atoms with E-state index in [1.165, 1.54) is 12.1 Å². The van der Waals surface area contributed by atoms with Crippen LogP contribution in [0.4, 0.5) is 14.5 Å². The summed E-state index contributed by atoms with van der Waals surface area (Å²) in [6.07, 6.45) is 4.09. The molecule has 1 unspecified atom stereocenters. The van der Waals surface area contributed by atoms with E-state index in [1.807, 2.05) is 0 Å². The Kier molecular flexibility index (Phi) is 5.16. The van der Waals surface area contributed by atoms with Gasteiger partial charge < -0.3 is 10.6 Å². The normalized spacial score (nSPS) is 19.4. The molecule has 0 amide bonds. The van der Waals surface area contributed by atoms with E-state index in [4.69, 9.17) is 5.73 Å². The lowest BCUT2D eigenvalue weighted by atomic mass is 10.1. The summed E-state index contributed by atoms with van der Waals surface area (Å²) in [4.78, 5) is 1.87. The van der Waals surface area contributed by atoms with Crippen LogP contribution in [0.1, 0.15) is 25.7 Å². The molecule has 1 aromatic rings. The fraction of sp³-hybridized carbons (Fsp3) is 0.571. The zero-order chi connectivity index (χ0) is 15.5. The molecule has 1 aliphatic heterocycles. The topological polar surface area (TPSA) is 63.4 Å². The summed E-state index contributed by atoms with van der Waals surface area (Å²) in [5, 5.41) is 0. The van der Waals surface area contributed by atoms with E-state index in [0.717, 1.165) is 37.9 Å². The number of hydrogen-bond acceptors (Lipinski definition) is 4. The van der Waals surface area contributed by atoms with E-state index in [1.54, 1.807) is 12.1 Å². The molecule has 0 saturated carbocycles. The van der Waals surface area contributed by atoms with Crippen LogP contribution in [-0.4, -0.2) is 33.3 Å². The van der Waals surface area contributed by atoms with E-state index in [-0.39, 0.29) is 4.90 Å². The summed E-state index contributed by atoms with van der Waals surface area (Å²) in [7, 11) is -4.51. The molecule has 0 radical (unpaired) electrons. The SMILES string of the molecule is NCCCC1CCCN1c1ccc(S(=O)(=O)C(F)F)cc1. The first kappa shape index (κ1) is 16.2. The van der Waals surface area contributed by atoms with Crippen molar-refractivity contribution < 1.29 is 17.2 Å². The summed E-state index contributed by atoms with van der Waals surface area (Å²) in [5.41, 5.74) is 6.41. The van der Waals surface area contributed by atoms with E-state index in [9.17, 15) is 17.2 Å². The van der Waals surface area contributed by atoms with Crippen LogP contribution in [-0.2, 0) is 9.84 Å². The van der Waals surface area contributed by atoms with Crippen molar-refractivity contribution in [2.45, 2.75) is 42.4 Å². The van der Waals surface area contributed by atoms with Crippen molar-refractivity contribution in [3.8, 4) is 0 Å². The van der Waals surface area contributed by atoms with Crippen molar-refractivity contribution in [1.82, 2.24) is 0 Å². The molecule has 0 spiro atoms. The first-order valence-corrected chi connectivity index (χ1v) is 8.60. The molecule has 2 rings (SSSR count). The first-order chi connectivity index (χ1) is 9.96. The minimum Gasteiger partial charge on any atom is -0.369 e. The Hall–Kier alpha value is -1.21. The molecule has 1 saturated heterocycles. The van der Waals surface area contributed by atoms with Crippen molar-refractivity contribution in [2.75, 3.05) is 18.0 Å². The fourth-order valence-corrected chi connectivity index (χ4v) is 3.48. The number of anilines is 1. The lowest BCUT2D eigenvalue weighted by Crippen LogP contribution is -2.29. The number of rotatable bonds is 6. The first-order valence-electron chi connectivity index (χ1n) is 7.05. The molecule has 7 heteroatoms. The van der Waals surface area contributed by atoms with Gasteiger partial charge in [-0.15, -0.1) is 0 Å². The van der Waals surface area contributed by atoms with E-state index in [2.05, 4.69) is 4.90 Å². The maximum Gasteiger partial charge on any atom is 0.341 e. The molecule has 2 N–H and O–H groups in total. The molecule has 1 heterocycles. The van der Waals surface area contributed by atoms with Crippen molar-refractivity contribution in [3.05, 3.63) is 24.3 Å². The molecule has 118 valence electrons. The maximum atomic E-state index is 12.5. The van der Waals surface area contributed by atoms with E-state index < -0.39 is 15.6 Å². The fourth-order valence-electron chi connectivity index (χ4n) is 2.76. The number of halogens is 2. The van der Waals surface area contributed by atoms with Gasteiger partial charge in [0.05, 0.1) is 4.90 Å². The van der Waals surface area contributed by atoms with Crippen LogP contribution in [0.25, 0.3) is 0 Å². The van der Waals surface area contributed by atoms with Gasteiger partial charge in [0.15, 0.2) is 0 Å². The highest BCUT2D eigenvalue weighted by Crippen LogP contribution is 2.29. The summed E-state index contributed by atoms with van der Waals surface area (Å²) < 4.78 is 47.8. The van der Waals surface area contributed by atoms with Gasteiger partial charge in [0.2, 0.25) is 9.84 Å². The number of hydrogen-bond donors (Lipinski definition) is 1. The zero-order valence-electron chi connectivity index (χ0n) is 11.7. The Bertz CT molecular complexity index is 561. The molecule has 4 nitrogen and oxygen atoms in total. The molecular formula is C14H20F2N2O2S. The molecule has 1 aliphatic rings. The van der Waals surface area contributed by atoms with Gasteiger partial charge in [0.25, 0.3) is 0 Å². The number of nitrogens with two attached hydrogens (primary N) is 1. The highest BCUT2D eigenvalue weighted by Gasteiger charge is 2.28. The molecule has 21 heavy (non-hydrogen) atoms. The van der Waals surface area contributed by atoms with Crippen LogP contribution in [0, 0.1) is 0 Å². The Morgan fingerprint density at radius 2 is 1.95 bits per heavy atom. The minimum atomic E-state index is -4.51. The largest absolute Gasteiger partial charge is 0.369 e. The van der Waals surface area contributed by atoms with E-state index in [0.29, 0.717) is 12.6 Å². The van der Waals surface area contributed by atoms with Gasteiger partial charge in [-0.05, 0) is 56.5 Å². The van der Waals surface area contributed by atoms with Crippen LogP contribution in [0.2, 0.25) is 0 Å². The Morgan fingerprint density at radius 1 is 1.29 bits per heavy atom. The standard InChI is InChI=1S/C14H20F2N2O2S/c15-14(16)21(19,20)13-7-5-12(6-8-13)18-10-2-4-11(18)3-1-9-17/h5-8,11,14H,1-4,9-10,17H2. The number of benzene rings is 1. The van der Waals surface area contributed by atoms with Gasteiger partial charge in [-0.1, -0.05) is 0 Å². The second kappa shape index (κ2) is 6.70. The summed E-state index contributed by atoms with van der Waals surface area (Å²) in [6, 6.07) is 6.13. The second-order valence-corrected chi connectivity index (χ2v) is 7.14. The van der Waals surface area contributed by atoms with Crippen LogP contribution < -0.4 is 10.6 Å². The number of nitrogens with zero attached hydrogens (tertiary/aromatic N) is 1. The third kappa shape index (κ3) is 3.52. The van der Waals surface area contributed by atoms with Crippen LogP contribution >= 0.6 is 0 Å². The van der Waals surface area contributed by atoms with Gasteiger partial charge in [-0.25, -0.2) is 8.42 Å². The monoisotopic (exact) mass is 318 g/mol. The van der Waals surface area contributed by atoms with Gasteiger partial charge in [-0.3, -0.25) is 0 Å². The van der Waals surface area contributed by atoms with Crippen LogP contribution in [0.5, 0.6) is 0 Å². The Morgan fingerprint density at radius 3 is 2.52 bits per heavy atom. The van der Waals surface area contributed by atoms with Crippen molar-refractivity contribution in [1.29, 1.82) is 0 Å². The molecule has 1 aromatic carbocycles. The van der Waals surface area contributed by atoms with Crippen molar-refractivity contribution in [2.24, 2.45) is 5.73 Å². The number of sulfone groups is 1. The van der Waals surface area contributed by atoms with Crippen LogP contribution in [0.15, 0.2) is 29.2 Å². The average Bonchev–Trinajstić information content (AvgIpc) is 2.93. The third-order valence-corrected chi connectivity index (χ3v) is 5.25. The lowest BCUT2D eigenvalue weighted by Gasteiger charge is -2.27. The number of alkyl halides is 2. The molecule has 1 atom stereocenters. The molecular weight excluding hydrogens is 298 g/mol. The Labute approximate surface area is 123 Å². The maximum absolute atomic E-state index is 12.5. The quantitative estimate of drug-likeness (QED) is 0.875. The van der Waals surface area contributed by atoms with Crippen LogP contribution in [0.3, 0.4) is 0 Å². The lowest BCUT2D eigenvalue weighted by molar-refractivity contribution is 0.234. The van der Waals surface area contributed by atoms with E-state index >= 15 is 0 Å². The smallest absolute Gasteiger partial charge is 0.341 e. The van der Waals surface area contributed by atoms with Gasteiger partial charge in [0.1, 0.15) is 0 Å². The highest BCUT2D eigenvalue weighted by atomic mass is 32.2. The second-order valence-electron chi connectivity index (χ2n) is 5.22. The minimum absolute atomic E-state index is 0.334. The van der Waals surface area contributed by atoms with Crippen molar-refractivity contribution >= 4 is 15.5 Å².